The number of guanidine groups is 1. The highest BCUT2D eigenvalue weighted by Gasteiger charge is 2.51. The van der Waals surface area contributed by atoms with Crippen LogP contribution in [0, 0.1) is 0 Å². The van der Waals surface area contributed by atoms with Gasteiger partial charge in [0, 0.05) is 45.1 Å². The van der Waals surface area contributed by atoms with Gasteiger partial charge in [0.05, 0.1) is 13.2 Å². The largest absolute Gasteiger partial charge is 0.379 e. The highest BCUT2D eigenvalue weighted by molar-refractivity contribution is 6.04. The molecule has 4 aliphatic rings. The van der Waals surface area contributed by atoms with Gasteiger partial charge in [0.1, 0.15) is 0 Å². The molecular formula is C15H22N6O3. The van der Waals surface area contributed by atoms with Crippen molar-refractivity contribution < 1.29 is 14.3 Å². The number of fused-ring (bicyclic) bond motifs is 3. The molecule has 2 atom stereocenters. The first kappa shape index (κ1) is 15.4. The fourth-order valence-corrected chi connectivity index (χ4v) is 3.59. The van der Waals surface area contributed by atoms with Crippen molar-refractivity contribution in [3.05, 3.63) is 11.9 Å². The number of carbonyl (C=O) groups excluding carboxylic acids is 2. The average Bonchev–Trinajstić information content (AvgIpc) is 3.07. The Morgan fingerprint density at radius 3 is 2.79 bits per heavy atom. The van der Waals surface area contributed by atoms with Crippen molar-refractivity contribution in [2.75, 3.05) is 46.4 Å². The summed E-state index contributed by atoms with van der Waals surface area (Å²) in [6.45, 7) is 7.17. The first-order chi connectivity index (χ1) is 11.6. The van der Waals surface area contributed by atoms with Crippen LogP contribution < -0.4 is 5.32 Å². The standard InChI is InChI=1S/C15H22N6O3/c1-10-9-21-11-12(18(2)15(23)17-13(11)22)16-14(21)20(10)4-3-19-5-7-24-8-6-19/h9,11-12H,3-8H2,1-2H3,(H,17,22,23). The van der Waals surface area contributed by atoms with Crippen molar-refractivity contribution in [3.8, 4) is 0 Å². The first-order valence-electron chi connectivity index (χ1n) is 8.26. The van der Waals surface area contributed by atoms with E-state index in [0.29, 0.717) is 0 Å². The number of amides is 3. The number of morpholine rings is 1. The Hall–Kier alpha value is -2.13. The minimum absolute atomic E-state index is 0.291. The van der Waals surface area contributed by atoms with Gasteiger partial charge in [-0.3, -0.25) is 15.0 Å². The molecule has 4 aliphatic heterocycles. The van der Waals surface area contributed by atoms with Crippen molar-refractivity contribution in [3.63, 3.8) is 0 Å². The molecule has 24 heavy (non-hydrogen) atoms. The Morgan fingerprint density at radius 2 is 2.04 bits per heavy atom. The number of allylic oxidation sites excluding steroid dienone is 1. The third-order valence-corrected chi connectivity index (χ3v) is 5.01. The van der Waals surface area contributed by atoms with Gasteiger partial charge in [0.15, 0.2) is 12.2 Å². The van der Waals surface area contributed by atoms with Crippen LogP contribution in [0.2, 0.25) is 0 Å². The number of likely N-dealkylation sites (N-methyl/N-ethyl adjacent to an activating group) is 1. The summed E-state index contributed by atoms with van der Waals surface area (Å²) >= 11 is 0. The molecule has 0 saturated carbocycles. The zero-order valence-corrected chi connectivity index (χ0v) is 13.9. The number of hydrogen-bond acceptors (Lipinski definition) is 7. The lowest BCUT2D eigenvalue weighted by molar-refractivity contribution is -0.126. The van der Waals surface area contributed by atoms with Gasteiger partial charge in [-0.1, -0.05) is 0 Å². The van der Waals surface area contributed by atoms with Gasteiger partial charge in [-0.05, 0) is 6.92 Å². The molecule has 1 N–H and O–H groups in total. The third kappa shape index (κ3) is 2.35. The number of hydrogen-bond donors (Lipinski definition) is 1. The number of nitrogens with one attached hydrogen (secondary N) is 1. The maximum atomic E-state index is 12.2. The van der Waals surface area contributed by atoms with Gasteiger partial charge in [0.2, 0.25) is 5.96 Å². The lowest BCUT2D eigenvalue weighted by Crippen LogP contribution is -2.62. The molecule has 2 unspecified atom stereocenters. The SMILES string of the molecule is CC1=CN2C(=NC3C2C(=O)NC(=O)N3C)N1CCN1CCOCC1. The summed E-state index contributed by atoms with van der Waals surface area (Å²) in [4.78, 5) is 36.6. The van der Waals surface area contributed by atoms with E-state index in [9.17, 15) is 9.59 Å². The molecule has 0 bridgehead atoms. The summed E-state index contributed by atoms with van der Waals surface area (Å²) < 4.78 is 5.38. The van der Waals surface area contributed by atoms with E-state index < -0.39 is 18.2 Å². The Bertz CT molecular complexity index is 627. The van der Waals surface area contributed by atoms with Crippen molar-refractivity contribution in [1.82, 2.24) is 24.9 Å². The predicted molar refractivity (Wildman–Crippen MR) is 85.9 cm³/mol. The molecule has 0 aromatic heterocycles. The van der Waals surface area contributed by atoms with Gasteiger partial charge in [0.25, 0.3) is 5.91 Å². The molecule has 0 aromatic carbocycles. The van der Waals surface area contributed by atoms with Gasteiger partial charge in [-0.15, -0.1) is 0 Å². The quantitative estimate of drug-likeness (QED) is 0.716. The summed E-state index contributed by atoms with van der Waals surface area (Å²) in [6, 6.07) is -0.877. The van der Waals surface area contributed by atoms with E-state index >= 15 is 0 Å². The Kier molecular flexibility index (Phi) is 3.69. The summed E-state index contributed by atoms with van der Waals surface area (Å²) in [5.41, 5.74) is 1.06. The van der Waals surface area contributed by atoms with E-state index in [-0.39, 0.29) is 5.91 Å². The van der Waals surface area contributed by atoms with E-state index in [2.05, 4.69) is 20.1 Å². The molecule has 0 aliphatic carbocycles. The van der Waals surface area contributed by atoms with Gasteiger partial charge < -0.3 is 19.4 Å². The number of aliphatic imine (C=N–C) groups is 1. The minimum Gasteiger partial charge on any atom is -0.379 e. The highest BCUT2D eigenvalue weighted by Crippen LogP contribution is 2.31. The molecule has 2 saturated heterocycles. The Morgan fingerprint density at radius 1 is 1.29 bits per heavy atom. The van der Waals surface area contributed by atoms with Gasteiger partial charge >= 0.3 is 6.03 Å². The van der Waals surface area contributed by atoms with Crippen LogP contribution in [-0.4, -0.2) is 96.1 Å². The van der Waals surface area contributed by atoms with Crippen LogP contribution in [0.15, 0.2) is 16.9 Å². The van der Waals surface area contributed by atoms with Crippen LogP contribution in [0.4, 0.5) is 4.79 Å². The number of rotatable bonds is 3. The summed E-state index contributed by atoms with van der Waals surface area (Å²) in [7, 11) is 1.67. The molecular weight excluding hydrogens is 312 g/mol. The lowest BCUT2D eigenvalue weighted by atomic mass is 10.1. The van der Waals surface area contributed by atoms with E-state index in [0.717, 1.165) is 51.0 Å². The second kappa shape index (κ2) is 5.75. The van der Waals surface area contributed by atoms with Crippen LogP contribution in [-0.2, 0) is 9.53 Å². The molecule has 2 fully saturated rings. The molecule has 0 spiro atoms. The van der Waals surface area contributed by atoms with Crippen LogP contribution in [0.1, 0.15) is 6.92 Å². The summed E-state index contributed by atoms with van der Waals surface area (Å²) in [6.07, 6.45) is 1.49. The summed E-state index contributed by atoms with van der Waals surface area (Å²) in [5.74, 6) is 0.466. The second-order valence-corrected chi connectivity index (χ2v) is 6.48. The molecule has 9 nitrogen and oxygen atoms in total. The van der Waals surface area contributed by atoms with Crippen molar-refractivity contribution in [2.24, 2.45) is 4.99 Å². The maximum Gasteiger partial charge on any atom is 0.325 e. The van der Waals surface area contributed by atoms with E-state index in [1.807, 2.05) is 18.0 Å². The smallest absolute Gasteiger partial charge is 0.325 e. The minimum atomic E-state index is -0.481. The third-order valence-electron chi connectivity index (χ3n) is 5.01. The summed E-state index contributed by atoms with van der Waals surface area (Å²) in [5, 5.41) is 2.39. The fraction of sp³-hybridized carbons (Fsp3) is 0.667. The Labute approximate surface area is 140 Å². The van der Waals surface area contributed by atoms with Crippen LogP contribution in [0.25, 0.3) is 0 Å². The fourth-order valence-electron chi connectivity index (χ4n) is 3.59. The maximum absolute atomic E-state index is 12.2. The van der Waals surface area contributed by atoms with Gasteiger partial charge in [-0.2, -0.15) is 0 Å². The molecule has 3 amide bonds. The van der Waals surface area contributed by atoms with Crippen LogP contribution >= 0.6 is 0 Å². The van der Waals surface area contributed by atoms with Crippen LogP contribution in [0.3, 0.4) is 0 Å². The molecule has 4 rings (SSSR count). The monoisotopic (exact) mass is 334 g/mol. The number of carbonyl (C=O) groups is 2. The molecule has 9 heteroatoms. The molecule has 0 radical (unpaired) electrons. The molecule has 0 aromatic rings. The Balaban J connectivity index is 1.50. The zero-order chi connectivity index (χ0) is 16.8. The average molecular weight is 334 g/mol. The number of urea groups is 1. The second-order valence-electron chi connectivity index (χ2n) is 6.48. The molecule has 130 valence electrons. The lowest BCUT2D eigenvalue weighted by Gasteiger charge is -2.34. The highest BCUT2D eigenvalue weighted by atomic mass is 16.5. The van der Waals surface area contributed by atoms with E-state index in [1.165, 1.54) is 4.90 Å². The first-order valence-corrected chi connectivity index (χ1v) is 8.26. The predicted octanol–water partition coefficient (Wildman–Crippen LogP) is -0.957. The molecule has 4 heterocycles. The van der Waals surface area contributed by atoms with Gasteiger partial charge in [-0.25, -0.2) is 9.79 Å². The zero-order valence-electron chi connectivity index (χ0n) is 13.9. The van der Waals surface area contributed by atoms with Crippen molar-refractivity contribution in [2.45, 2.75) is 19.1 Å². The number of ether oxygens (including phenoxy) is 1. The normalized spacial score (nSPS) is 30.2. The number of imide groups is 1. The van der Waals surface area contributed by atoms with Crippen molar-refractivity contribution in [1.29, 1.82) is 0 Å². The van der Waals surface area contributed by atoms with E-state index in [1.54, 1.807) is 7.05 Å². The topological polar surface area (TPSA) is 80.7 Å². The number of nitrogens with zero attached hydrogens (tertiary/aromatic N) is 5. The van der Waals surface area contributed by atoms with E-state index in [4.69, 9.17) is 4.74 Å². The van der Waals surface area contributed by atoms with Crippen molar-refractivity contribution >= 4 is 17.9 Å². The van der Waals surface area contributed by atoms with Crippen LogP contribution in [0.5, 0.6) is 0 Å².